The zero-order valence-corrected chi connectivity index (χ0v) is 10.0. The summed E-state index contributed by atoms with van der Waals surface area (Å²) in [5.41, 5.74) is 0.778. The van der Waals surface area contributed by atoms with E-state index in [9.17, 15) is 4.79 Å². The Morgan fingerprint density at radius 2 is 2.00 bits per heavy atom. The molecule has 0 aliphatic carbocycles. The first-order chi connectivity index (χ1) is 8.15. The molecule has 0 aliphatic rings. The molecule has 0 spiro atoms. The van der Waals surface area contributed by atoms with E-state index in [2.05, 4.69) is 12.2 Å². The molecular weight excluding hydrogens is 217 g/mol. The zero-order valence-electron chi connectivity index (χ0n) is 10.0. The van der Waals surface area contributed by atoms with Crippen molar-refractivity contribution >= 4 is 24.2 Å². The Labute approximate surface area is 102 Å². The van der Waals surface area contributed by atoms with Gasteiger partial charge < -0.3 is 15.4 Å². The van der Waals surface area contributed by atoms with E-state index in [0.29, 0.717) is 17.6 Å². The fraction of sp³-hybridized carbons (Fsp3) is 0.417. The molecule has 1 aromatic rings. The number of anilines is 1. The minimum atomic E-state index is -1.57. The van der Waals surface area contributed by atoms with Gasteiger partial charge in [0, 0.05) is 17.6 Å². The standard InChI is InChI=1S/C12H18BNO3/c1-2-3-4-9-12(15)14-11-8-6-5-7-10(11)13(16)17/h5-8,16-17H,2-4,9H2,1H3,(H,14,15). The summed E-state index contributed by atoms with van der Waals surface area (Å²) in [5.74, 6) is -0.0912. The van der Waals surface area contributed by atoms with E-state index < -0.39 is 7.12 Å². The minimum absolute atomic E-state index is 0.0912. The molecule has 5 heteroatoms. The molecule has 0 aromatic heterocycles. The lowest BCUT2D eigenvalue weighted by molar-refractivity contribution is -0.116. The van der Waals surface area contributed by atoms with Gasteiger partial charge in [0.05, 0.1) is 0 Å². The monoisotopic (exact) mass is 235 g/mol. The van der Waals surface area contributed by atoms with Crippen LogP contribution in [0, 0.1) is 0 Å². The van der Waals surface area contributed by atoms with Crippen molar-refractivity contribution in [3.63, 3.8) is 0 Å². The number of hydrogen-bond acceptors (Lipinski definition) is 3. The van der Waals surface area contributed by atoms with E-state index in [1.54, 1.807) is 24.3 Å². The number of benzene rings is 1. The molecule has 4 nitrogen and oxygen atoms in total. The van der Waals surface area contributed by atoms with E-state index >= 15 is 0 Å². The topological polar surface area (TPSA) is 69.6 Å². The average molecular weight is 235 g/mol. The third-order valence-corrected chi connectivity index (χ3v) is 2.52. The molecule has 0 fully saturated rings. The van der Waals surface area contributed by atoms with Crippen molar-refractivity contribution in [1.29, 1.82) is 0 Å². The van der Waals surface area contributed by atoms with E-state index in [-0.39, 0.29) is 5.91 Å². The van der Waals surface area contributed by atoms with Crippen LogP contribution < -0.4 is 10.8 Å². The van der Waals surface area contributed by atoms with Gasteiger partial charge in [-0.25, -0.2) is 0 Å². The molecule has 0 radical (unpaired) electrons. The molecular formula is C12H18BNO3. The summed E-state index contributed by atoms with van der Waals surface area (Å²) in [5, 5.41) is 21.0. The fourth-order valence-corrected chi connectivity index (χ4v) is 1.58. The quantitative estimate of drug-likeness (QED) is 0.506. The van der Waals surface area contributed by atoms with Crippen molar-refractivity contribution in [2.45, 2.75) is 32.6 Å². The van der Waals surface area contributed by atoms with E-state index in [0.717, 1.165) is 19.3 Å². The lowest BCUT2D eigenvalue weighted by atomic mass is 9.79. The van der Waals surface area contributed by atoms with Crippen molar-refractivity contribution in [2.24, 2.45) is 0 Å². The van der Waals surface area contributed by atoms with Crippen molar-refractivity contribution < 1.29 is 14.8 Å². The molecule has 1 rings (SSSR count). The molecule has 0 saturated heterocycles. The molecule has 0 unspecified atom stereocenters. The van der Waals surface area contributed by atoms with Crippen LogP contribution in [0.2, 0.25) is 0 Å². The normalized spacial score (nSPS) is 10.1. The number of unbranched alkanes of at least 4 members (excludes halogenated alkanes) is 2. The highest BCUT2D eigenvalue weighted by Crippen LogP contribution is 2.06. The minimum Gasteiger partial charge on any atom is -0.423 e. The molecule has 92 valence electrons. The van der Waals surface area contributed by atoms with Crippen LogP contribution >= 0.6 is 0 Å². The van der Waals surface area contributed by atoms with Crippen LogP contribution in [0.25, 0.3) is 0 Å². The lowest BCUT2D eigenvalue weighted by Gasteiger charge is -2.10. The van der Waals surface area contributed by atoms with Crippen molar-refractivity contribution in [2.75, 3.05) is 5.32 Å². The summed E-state index contributed by atoms with van der Waals surface area (Å²) in [6, 6.07) is 6.67. The number of rotatable bonds is 6. The SMILES string of the molecule is CCCCCC(=O)Nc1ccccc1B(O)O. The Kier molecular flexibility index (Phi) is 5.73. The lowest BCUT2D eigenvalue weighted by Crippen LogP contribution is -2.33. The highest BCUT2D eigenvalue weighted by atomic mass is 16.4. The highest BCUT2D eigenvalue weighted by molar-refractivity contribution is 6.60. The van der Waals surface area contributed by atoms with Crippen molar-refractivity contribution in [3.8, 4) is 0 Å². The number of para-hydroxylation sites is 1. The van der Waals surface area contributed by atoms with E-state index in [4.69, 9.17) is 10.0 Å². The molecule has 0 bridgehead atoms. The molecule has 1 aromatic carbocycles. The Morgan fingerprint density at radius 3 is 2.65 bits per heavy atom. The smallest absolute Gasteiger partial charge is 0.423 e. The van der Waals surface area contributed by atoms with Crippen LogP contribution in [0.5, 0.6) is 0 Å². The van der Waals surface area contributed by atoms with Crippen LogP contribution in [0.4, 0.5) is 5.69 Å². The van der Waals surface area contributed by atoms with Crippen LogP contribution in [-0.4, -0.2) is 23.1 Å². The molecule has 0 saturated carbocycles. The van der Waals surface area contributed by atoms with E-state index in [1.807, 2.05) is 0 Å². The average Bonchev–Trinajstić information content (AvgIpc) is 2.29. The predicted octanol–water partition coefficient (Wildman–Crippen LogP) is 0.885. The second-order valence-electron chi connectivity index (χ2n) is 3.97. The van der Waals surface area contributed by atoms with Gasteiger partial charge in [-0.05, 0) is 12.5 Å². The molecule has 1 amide bonds. The molecule has 0 aliphatic heterocycles. The summed E-state index contributed by atoms with van der Waals surface area (Å²) < 4.78 is 0. The van der Waals surface area contributed by atoms with Gasteiger partial charge in [-0.3, -0.25) is 4.79 Å². The van der Waals surface area contributed by atoms with Crippen molar-refractivity contribution in [3.05, 3.63) is 24.3 Å². The first kappa shape index (κ1) is 13.7. The first-order valence-electron chi connectivity index (χ1n) is 5.90. The third-order valence-electron chi connectivity index (χ3n) is 2.52. The Balaban J connectivity index is 2.58. The number of carbonyl (C=O) groups is 1. The van der Waals surface area contributed by atoms with Gasteiger partial charge in [0.25, 0.3) is 0 Å². The maximum atomic E-state index is 11.6. The van der Waals surface area contributed by atoms with Gasteiger partial charge in [0.15, 0.2) is 0 Å². The van der Waals surface area contributed by atoms with Gasteiger partial charge in [0.1, 0.15) is 0 Å². The van der Waals surface area contributed by atoms with Gasteiger partial charge in [-0.1, -0.05) is 38.0 Å². The molecule has 3 N–H and O–H groups in total. The predicted molar refractivity (Wildman–Crippen MR) is 69.0 cm³/mol. The number of nitrogens with one attached hydrogen (secondary N) is 1. The maximum absolute atomic E-state index is 11.6. The van der Waals surface area contributed by atoms with Gasteiger partial charge >= 0.3 is 7.12 Å². The van der Waals surface area contributed by atoms with Gasteiger partial charge in [-0.15, -0.1) is 0 Å². The zero-order chi connectivity index (χ0) is 12.7. The maximum Gasteiger partial charge on any atom is 0.490 e. The summed E-state index contributed by atoms with van der Waals surface area (Å²) >= 11 is 0. The molecule has 17 heavy (non-hydrogen) atoms. The third kappa shape index (κ3) is 4.59. The van der Waals surface area contributed by atoms with Crippen LogP contribution in [0.15, 0.2) is 24.3 Å². The van der Waals surface area contributed by atoms with Crippen LogP contribution in [0.1, 0.15) is 32.6 Å². The van der Waals surface area contributed by atoms with Crippen LogP contribution in [0.3, 0.4) is 0 Å². The van der Waals surface area contributed by atoms with Crippen molar-refractivity contribution in [1.82, 2.24) is 0 Å². The number of carbonyl (C=O) groups excluding carboxylic acids is 1. The van der Waals surface area contributed by atoms with E-state index in [1.165, 1.54) is 0 Å². The Bertz CT molecular complexity index is 369. The second kappa shape index (κ2) is 7.09. The Hall–Kier alpha value is -1.33. The van der Waals surface area contributed by atoms with Crippen LogP contribution in [-0.2, 0) is 4.79 Å². The van der Waals surface area contributed by atoms with Gasteiger partial charge in [-0.2, -0.15) is 0 Å². The van der Waals surface area contributed by atoms with Gasteiger partial charge in [0.2, 0.25) is 5.91 Å². The molecule has 0 heterocycles. The summed E-state index contributed by atoms with van der Waals surface area (Å²) in [6.45, 7) is 2.08. The fourth-order valence-electron chi connectivity index (χ4n) is 1.58. The Morgan fingerprint density at radius 1 is 1.29 bits per heavy atom. The number of hydrogen-bond donors (Lipinski definition) is 3. The largest absolute Gasteiger partial charge is 0.490 e. The number of amides is 1. The summed E-state index contributed by atoms with van der Waals surface area (Å²) in [4.78, 5) is 11.6. The second-order valence-corrected chi connectivity index (χ2v) is 3.97. The first-order valence-corrected chi connectivity index (χ1v) is 5.90. The molecule has 0 atom stereocenters. The summed E-state index contributed by atoms with van der Waals surface area (Å²) in [6.07, 6.45) is 3.41. The highest BCUT2D eigenvalue weighted by Gasteiger charge is 2.16. The summed E-state index contributed by atoms with van der Waals surface area (Å²) in [7, 11) is -1.57.